The van der Waals surface area contributed by atoms with Gasteiger partial charge in [0, 0.05) is 30.7 Å². The first-order chi connectivity index (χ1) is 28.9. The molecule has 2 saturated heterocycles. The number of carbonyl (C=O) groups excluding carboxylic acids is 4. The van der Waals surface area contributed by atoms with Gasteiger partial charge >= 0.3 is 0 Å². The highest BCUT2D eigenvalue weighted by molar-refractivity contribution is 6.33. The number of methoxy groups -OCH3 is 1. The van der Waals surface area contributed by atoms with E-state index in [9.17, 15) is 14.7 Å². The topological polar surface area (TPSA) is 132 Å². The molecule has 2 aliphatic carbocycles. The van der Waals surface area contributed by atoms with Crippen LogP contribution in [0.25, 0.3) is 0 Å². The van der Waals surface area contributed by atoms with Crippen LogP contribution in [0.15, 0.2) is 137 Å². The number of ether oxygens (including phenoxy) is 1. The Bertz CT molecular complexity index is 2630. The van der Waals surface area contributed by atoms with Gasteiger partial charge in [-0.3, -0.25) is 24.1 Å². The van der Waals surface area contributed by atoms with Gasteiger partial charge in [0.2, 0.25) is 23.6 Å². The van der Waals surface area contributed by atoms with Crippen molar-refractivity contribution in [3.63, 3.8) is 0 Å². The first kappa shape index (κ1) is 39.2. The molecule has 4 amide bonds. The van der Waals surface area contributed by atoms with Gasteiger partial charge in [-0.25, -0.2) is 4.90 Å². The van der Waals surface area contributed by atoms with E-state index in [1.807, 2.05) is 79.7 Å². The largest absolute Gasteiger partial charge is 0.503 e. The van der Waals surface area contributed by atoms with Gasteiger partial charge in [0.15, 0.2) is 11.5 Å². The third kappa shape index (κ3) is 6.09. The minimum Gasteiger partial charge on any atom is -0.503 e. The van der Waals surface area contributed by atoms with Crippen LogP contribution in [0.3, 0.4) is 0 Å². The first-order valence-corrected chi connectivity index (χ1v) is 20.3. The zero-order valence-corrected chi connectivity index (χ0v) is 34.3. The lowest BCUT2D eigenvalue weighted by Gasteiger charge is -2.50. The molecule has 4 aliphatic rings. The van der Waals surface area contributed by atoms with Crippen LogP contribution < -0.4 is 19.4 Å². The quantitative estimate of drug-likeness (QED) is 0.0936. The van der Waals surface area contributed by atoms with Crippen LogP contribution >= 0.6 is 23.2 Å². The molecule has 5 aromatic rings. The van der Waals surface area contributed by atoms with Crippen LogP contribution in [0.4, 0.5) is 28.4 Å². The molecule has 0 aromatic heterocycles. The van der Waals surface area contributed by atoms with E-state index in [0.29, 0.717) is 38.9 Å². The average molecular weight is 841 g/mol. The Morgan fingerprint density at radius 2 is 1.43 bits per heavy atom. The fourth-order valence-electron chi connectivity index (χ4n) is 9.89. The Kier molecular flexibility index (Phi) is 9.84. The van der Waals surface area contributed by atoms with E-state index < -0.39 is 46.8 Å². The van der Waals surface area contributed by atoms with Crippen molar-refractivity contribution in [1.82, 2.24) is 0 Å². The second-order valence-electron chi connectivity index (χ2n) is 15.8. The third-order valence-electron chi connectivity index (χ3n) is 12.5. The number of azo groups is 1. The number of carbonyl (C=O) groups is 4. The van der Waals surface area contributed by atoms with Crippen LogP contribution in [-0.2, 0) is 24.6 Å². The maximum atomic E-state index is 15.5. The monoisotopic (exact) mass is 839 g/mol. The first-order valence-electron chi connectivity index (χ1n) is 19.6. The molecule has 1 saturated carbocycles. The van der Waals surface area contributed by atoms with E-state index in [-0.39, 0.29) is 41.2 Å². The summed E-state index contributed by atoms with van der Waals surface area (Å²) < 4.78 is 5.57. The molecule has 2 aliphatic heterocycles. The lowest BCUT2D eigenvalue weighted by atomic mass is 9.49. The molecule has 3 fully saturated rings. The van der Waals surface area contributed by atoms with Crippen LogP contribution in [0.2, 0.25) is 10.0 Å². The van der Waals surface area contributed by atoms with Crippen LogP contribution in [-0.4, -0.2) is 49.9 Å². The summed E-state index contributed by atoms with van der Waals surface area (Å²) >= 11 is 13.1. The van der Waals surface area contributed by atoms with Gasteiger partial charge in [0.05, 0.1) is 58.1 Å². The summed E-state index contributed by atoms with van der Waals surface area (Å²) in [7, 11) is 5.32. The minimum atomic E-state index is -1.52. The van der Waals surface area contributed by atoms with E-state index in [0.717, 1.165) is 11.3 Å². The number of allylic oxidation sites excluding steroid dienone is 2. The molecule has 302 valence electrons. The number of halogens is 2. The molecule has 5 aromatic carbocycles. The number of phenolic OH excluding ortho intramolecular Hbond substituents is 1. The van der Waals surface area contributed by atoms with Crippen molar-refractivity contribution in [1.29, 1.82) is 0 Å². The molecule has 6 atom stereocenters. The number of imide groups is 2. The molecule has 0 spiro atoms. The molecule has 60 heavy (non-hydrogen) atoms. The highest BCUT2D eigenvalue weighted by Crippen LogP contribution is 2.65. The summed E-state index contributed by atoms with van der Waals surface area (Å²) in [4.78, 5) is 64.1. The molecule has 0 bridgehead atoms. The fourth-order valence-corrected chi connectivity index (χ4v) is 10.3. The van der Waals surface area contributed by atoms with Crippen LogP contribution in [0, 0.1) is 23.7 Å². The van der Waals surface area contributed by atoms with Gasteiger partial charge in [0.25, 0.3) is 0 Å². The van der Waals surface area contributed by atoms with E-state index in [2.05, 4.69) is 10.2 Å². The Morgan fingerprint density at radius 3 is 2.08 bits per heavy atom. The number of nitrogens with zero attached hydrogens (tertiary/aromatic N) is 5. The molecule has 0 radical (unpaired) electrons. The van der Waals surface area contributed by atoms with Crippen molar-refractivity contribution >= 4 is 75.3 Å². The second kappa shape index (κ2) is 15.1. The van der Waals surface area contributed by atoms with E-state index in [4.69, 9.17) is 27.9 Å². The van der Waals surface area contributed by atoms with Gasteiger partial charge in [-0.05, 0) is 109 Å². The lowest BCUT2D eigenvalue weighted by molar-refractivity contribution is -0.127. The smallest absolute Gasteiger partial charge is 0.246 e. The molecule has 6 unspecified atom stereocenters. The van der Waals surface area contributed by atoms with Crippen LogP contribution in [0.1, 0.15) is 29.9 Å². The number of fused-ring (bicyclic) bond motifs is 4. The standard InChI is InChI=1S/C47H39Cl2N5O6/c1-52(2)31-16-12-29(13-17-31)50-51-30-14-18-32(19-15-30)53-43(56)35-21-20-34-36(40(35)45(53)58)25-37-44(57)54(33-11-7-10-28(48)24-33)46(59)47(37,27-8-5-4-6-9-27)41(34)26-22-38(49)42(55)39(23-26)60-3/h4-20,22-24,35-37,40-41,55H,21,25H2,1-3H3. The molecule has 11 nitrogen and oxygen atoms in total. The Morgan fingerprint density at radius 1 is 0.750 bits per heavy atom. The zero-order chi connectivity index (χ0) is 42.0. The van der Waals surface area contributed by atoms with Crippen molar-refractivity contribution in [2.45, 2.75) is 24.2 Å². The number of anilines is 3. The molecular weight excluding hydrogens is 801 g/mol. The van der Waals surface area contributed by atoms with Gasteiger partial charge in [-0.2, -0.15) is 10.2 Å². The summed E-state index contributed by atoms with van der Waals surface area (Å²) in [5.41, 5.74) is 3.31. The predicted octanol–water partition coefficient (Wildman–Crippen LogP) is 9.56. The van der Waals surface area contributed by atoms with Crippen molar-refractivity contribution in [2.75, 3.05) is 35.9 Å². The predicted molar refractivity (Wildman–Crippen MR) is 230 cm³/mol. The van der Waals surface area contributed by atoms with Gasteiger partial charge < -0.3 is 14.7 Å². The van der Waals surface area contributed by atoms with Crippen molar-refractivity contribution in [2.24, 2.45) is 33.9 Å². The number of hydrogen-bond donors (Lipinski definition) is 1. The lowest BCUT2D eigenvalue weighted by Crippen LogP contribution is -2.53. The summed E-state index contributed by atoms with van der Waals surface area (Å²) in [5, 5.41) is 19.9. The number of aromatic hydroxyl groups is 1. The molecular formula is C47H39Cl2N5O6. The Hall–Kier alpha value is -6.30. The number of hydrogen-bond acceptors (Lipinski definition) is 9. The number of benzene rings is 5. The Labute approximate surface area is 356 Å². The normalized spacial score (nSPS) is 24.7. The summed E-state index contributed by atoms with van der Waals surface area (Å²) in [6.45, 7) is 0. The van der Waals surface area contributed by atoms with E-state index in [1.165, 1.54) is 16.9 Å². The fraction of sp³-hybridized carbons (Fsp3) is 0.234. The minimum absolute atomic E-state index is 0.00694. The SMILES string of the molecule is COc1cc(C2C3=CCC4C(=O)N(c5ccc(N=Nc6ccc(N(C)C)cc6)cc5)C(=O)C4C3CC3C(=O)N(c4cccc(Cl)c4)C(=O)C32c2ccccc2)cc(Cl)c1O. The van der Waals surface area contributed by atoms with Crippen molar-refractivity contribution < 1.29 is 29.0 Å². The maximum Gasteiger partial charge on any atom is 0.246 e. The van der Waals surface area contributed by atoms with Gasteiger partial charge in [-0.1, -0.05) is 71.2 Å². The zero-order valence-electron chi connectivity index (χ0n) is 32.8. The Balaban J connectivity index is 1.13. The van der Waals surface area contributed by atoms with Crippen LogP contribution in [0.5, 0.6) is 11.5 Å². The van der Waals surface area contributed by atoms with Gasteiger partial charge in [0.1, 0.15) is 0 Å². The summed E-state index contributed by atoms with van der Waals surface area (Å²) in [6.07, 6.45) is 2.31. The molecule has 13 heteroatoms. The van der Waals surface area contributed by atoms with E-state index >= 15 is 9.59 Å². The number of amides is 4. The van der Waals surface area contributed by atoms with E-state index in [1.54, 1.807) is 60.7 Å². The molecule has 2 heterocycles. The van der Waals surface area contributed by atoms with Crippen molar-refractivity contribution in [3.8, 4) is 11.5 Å². The highest BCUT2D eigenvalue weighted by atomic mass is 35.5. The number of rotatable bonds is 8. The molecule has 9 rings (SSSR count). The maximum absolute atomic E-state index is 15.5. The second-order valence-corrected chi connectivity index (χ2v) is 16.6. The summed E-state index contributed by atoms with van der Waals surface area (Å²) in [6, 6.07) is 33.4. The highest BCUT2D eigenvalue weighted by Gasteiger charge is 2.70. The average Bonchev–Trinajstić information content (AvgIpc) is 3.65. The summed E-state index contributed by atoms with van der Waals surface area (Å²) in [5.74, 6) is -5.78. The van der Waals surface area contributed by atoms with Gasteiger partial charge in [-0.15, -0.1) is 0 Å². The number of phenols is 1. The third-order valence-corrected chi connectivity index (χ3v) is 13.0. The van der Waals surface area contributed by atoms with Crippen molar-refractivity contribution in [3.05, 3.63) is 148 Å². The molecule has 1 N–H and O–H groups in total.